The lowest BCUT2D eigenvalue weighted by atomic mass is 10.3. The minimum Gasteiger partial charge on any atom is -0.492 e. The van der Waals surface area contributed by atoms with Crippen molar-refractivity contribution in [2.75, 3.05) is 6.61 Å². The Morgan fingerprint density at radius 3 is 2.88 bits per heavy atom. The van der Waals surface area contributed by atoms with Crippen LogP contribution in [0, 0.1) is 0 Å². The minimum atomic E-state index is 0.358. The van der Waals surface area contributed by atoms with Crippen molar-refractivity contribution >= 4 is 11.6 Å². The van der Waals surface area contributed by atoms with Crippen molar-refractivity contribution in [2.45, 2.75) is 12.8 Å². The van der Waals surface area contributed by atoms with Gasteiger partial charge in [0.05, 0.1) is 24.4 Å². The molecule has 0 aliphatic carbocycles. The maximum atomic E-state index is 5.68. The Kier molecular flexibility index (Phi) is 3.41. The Bertz CT molecular complexity index is 470. The summed E-state index contributed by atoms with van der Waals surface area (Å²) >= 11 is 5.68. The topological polar surface area (TPSA) is 39.9 Å². The largest absolute Gasteiger partial charge is 0.492 e. The van der Waals surface area contributed by atoms with Crippen molar-refractivity contribution < 1.29 is 4.74 Å². The first-order chi connectivity index (χ1) is 7.85. The number of benzene rings is 1. The molecule has 4 nitrogen and oxygen atoms in total. The summed E-state index contributed by atoms with van der Waals surface area (Å²) in [5, 5.41) is 7.94. The van der Waals surface area contributed by atoms with Gasteiger partial charge in [-0.3, -0.25) is 0 Å². The van der Waals surface area contributed by atoms with Crippen LogP contribution in [0.25, 0.3) is 5.69 Å². The quantitative estimate of drug-likeness (QED) is 0.767. The molecule has 1 aromatic carbocycles. The van der Waals surface area contributed by atoms with Gasteiger partial charge < -0.3 is 4.74 Å². The van der Waals surface area contributed by atoms with E-state index in [9.17, 15) is 0 Å². The third kappa shape index (κ3) is 2.17. The first-order valence-electron chi connectivity index (χ1n) is 5.04. The summed E-state index contributed by atoms with van der Waals surface area (Å²) in [6.45, 7) is 2.57. The van der Waals surface area contributed by atoms with E-state index in [4.69, 9.17) is 16.3 Å². The summed E-state index contributed by atoms with van der Waals surface area (Å²) in [7, 11) is 0. The van der Waals surface area contributed by atoms with Crippen molar-refractivity contribution in [3.8, 4) is 11.4 Å². The van der Waals surface area contributed by atoms with E-state index in [2.05, 4.69) is 10.3 Å². The molecule has 0 unspecified atom stereocenters. The predicted molar refractivity (Wildman–Crippen MR) is 62.1 cm³/mol. The molecule has 0 radical (unpaired) electrons. The Hall–Kier alpha value is -1.55. The molecule has 1 aromatic heterocycles. The molecule has 0 atom stereocenters. The Morgan fingerprint density at radius 2 is 2.19 bits per heavy atom. The molecule has 0 saturated carbocycles. The van der Waals surface area contributed by atoms with Gasteiger partial charge in [0.2, 0.25) is 0 Å². The van der Waals surface area contributed by atoms with Gasteiger partial charge in [-0.2, -0.15) is 0 Å². The molecule has 1 heterocycles. The van der Waals surface area contributed by atoms with Gasteiger partial charge in [0.15, 0.2) is 0 Å². The van der Waals surface area contributed by atoms with Crippen LogP contribution in [0.4, 0.5) is 0 Å². The van der Waals surface area contributed by atoms with Crippen LogP contribution in [0.5, 0.6) is 5.75 Å². The second-order valence-corrected chi connectivity index (χ2v) is 3.46. The molecular weight excluding hydrogens is 226 g/mol. The molecule has 0 bridgehead atoms. The van der Waals surface area contributed by atoms with E-state index in [1.54, 1.807) is 10.9 Å². The van der Waals surface area contributed by atoms with Gasteiger partial charge in [0, 0.05) is 0 Å². The number of hydrogen-bond acceptors (Lipinski definition) is 3. The van der Waals surface area contributed by atoms with Crippen LogP contribution in [0.15, 0.2) is 30.5 Å². The minimum absolute atomic E-state index is 0.358. The van der Waals surface area contributed by atoms with Gasteiger partial charge in [0.25, 0.3) is 0 Å². The summed E-state index contributed by atoms with van der Waals surface area (Å²) in [6, 6.07) is 7.69. The van der Waals surface area contributed by atoms with Gasteiger partial charge in [-0.25, -0.2) is 4.68 Å². The standard InChI is InChI=1S/C11H12ClN3O/c1-2-16-11-6-4-3-5-10(11)15-8-9(7-12)13-14-15/h3-6,8H,2,7H2,1H3. The number of aromatic nitrogens is 3. The van der Waals surface area contributed by atoms with E-state index in [0.29, 0.717) is 12.5 Å². The highest BCUT2D eigenvalue weighted by Gasteiger charge is 2.07. The van der Waals surface area contributed by atoms with Gasteiger partial charge in [-0.15, -0.1) is 16.7 Å². The van der Waals surface area contributed by atoms with E-state index >= 15 is 0 Å². The number of alkyl halides is 1. The zero-order chi connectivity index (χ0) is 11.4. The predicted octanol–water partition coefficient (Wildman–Crippen LogP) is 2.40. The first-order valence-corrected chi connectivity index (χ1v) is 5.58. The summed E-state index contributed by atoms with van der Waals surface area (Å²) < 4.78 is 7.18. The highest BCUT2D eigenvalue weighted by Crippen LogP contribution is 2.21. The average molecular weight is 238 g/mol. The molecular formula is C11H12ClN3O. The maximum absolute atomic E-state index is 5.68. The van der Waals surface area contributed by atoms with Crippen LogP contribution in [0.1, 0.15) is 12.6 Å². The molecule has 0 aliphatic heterocycles. The summed E-state index contributed by atoms with van der Waals surface area (Å²) in [4.78, 5) is 0. The zero-order valence-corrected chi connectivity index (χ0v) is 9.68. The lowest BCUT2D eigenvalue weighted by molar-refractivity contribution is 0.338. The Morgan fingerprint density at radius 1 is 1.38 bits per heavy atom. The van der Waals surface area contributed by atoms with E-state index in [-0.39, 0.29) is 0 Å². The molecule has 2 aromatic rings. The monoisotopic (exact) mass is 237 g/mol. The Balaban J connectivity index is 2.38. The van der Waals surface area contributed by atoms with Crippen molar-refractivity contribution in [2.24, 2.45) is 0 Å². The number of halogens is 1. The summed E-state index contributed by atoms with van der Waals surface area (Å²) in [5.41, 5.74) is 1.61. The third-order valence-electron chi connectivity index (χ3n) is 2.09. The molecule has 0 fully saturated rings. The molecule has 0 amide bonds. The highest BCUT2D eigenvalue weighted by molar-refractivity contribution is 6.16. The van der Waals surface area contributed by atoms with Crippen LogP contribution >= 0.6 is 11.6 Å². The summed E-state index contributed by atoms with van der Waals surface area (Å²) in [5.74, 6) is 1.15. The number of nitrogens with zero attached hydrogens (tertiary/aromatic N) is 3. The maximum Gasteiger partial charge on any atom is 0.144 e. The molecule has 5 heteroatoms. The van der Waals surface area contributed by atoms with Crippen molar-refractivity contribution in [3.05, 3.63) is 36.2 Å². The van der Waals surface area contributed by atoms with Crippen molar-refractivity contribution in [1.82, 2.24) is 15.0 Å². The third-order valence-corrected chi connectivity index (χ3v) is 2.36. The number of para-hydroxylation sites is 2. The molecule has 2 rings (SSSR count). The van der Waals surface area contributed by atoms with Crippen molar-refractivity contribution in [1.29, 1.82) is 0 Å². The van der Waals surface area contributed by atoms with Crippen LogP contribution < -0.4 is 4.74 Å². The van der Waals surface area contributed by atoms with E-state index in [0.717, 1.165) is 17.1 Å². The van der Waals surface area contributed by atoms with Gasteiger partial charge in [-0.1, -0.05) is 17.3 Å². The fourth-order valence-corrected chi connectivity index (χ4v) is 1.52. The second kappa shape index (κ2) is 4.99. The number of ether oxygens (including phenoxy) is 1. The first kappa shape index (κ1) is 11.0. The van der Waals surface area contributed by atoms with Crippen LogP contribution in [-0.2, 0) is 5.88 Å². The SMILES string of the molecule is CCOc1ccccc1-n1cc(CCl)nn1. The fourth-order valence-electron chi connectivity index (χ4n) is 1.40. The molecule has 16 heavy (non-hydrogen) atoms. The average Bonchev–Trinajstić information content (AvgIpc) is 2.79. The van der Waals surface area contributed by atoms with E-state index in [1.807, 2.05) is 31.2 Å². The van der Waals surface area contributed by atoms with Crippen molar-refractivity contribution in [3.63, 3.8) is 0 Å². The van der Waals surface area contributed by atoms with Crippen LogP contribution in [-0.4, -0.2) is 21.6 Å². The molecule has 0 saturated heterocycles. The molecule has 0 aliphatic rings. The highest BCUT2D eigenvalue weighted by atomic mass is 35.5. The smallest absolute Gasteiger partial charge is 0.144 e. The molecule has 0 spiro atoms. The Labute approximate surface area is 98.8 Å². The van der Waals surface area contributed by atoms with Gasteiger partial charge in [0.1, 0.15) is 11.4 Å². The zero-order valence-electron chi connectivity index (χ0n) is 8.93. The van der Waals surface area contributed by atoms with Crippen LogP contribution in [0.3, 0.4) is 0 Å². The second-order valence-electron chi connectivity index (χ2n) is 3.19. The molecule has 0 N–H and O–H groups in total. The van der Waals surface area contributed by atoms with E-state index in [1.165, 1.54) is 0 Å². The van der Waals surface area contributed by atoms with Gasteiger partial charge >= 0.3 is 0 Å². The number of rotatable bonds is 4. The number of hydrogen-bond donors (Lipinski definition) is 0. The van der Waals surface area contributed by atoms with Crippen LogP contribution in [0.2, 0.25) is 0 Å². The lowest BCUT2D eigenvalue weighted by Crippen LogP contribution is -2.00. The normalized spacial score (nSPS) is 10.4. The molecule has 84 valence electrons. The lowest BCUT2D eigenvalue weighted by Gasteiger charge is -2.08. The summed E-state index contributed by atoms with van der Waals surface area (Å²) in [6.07, 6.45) is 1.80. The fraction of sp³-hybridized carbons (Fsp3) is 0.273. The van der Waals surface area contributed by atoms with E-state index < -0.39 is 0 Å². The van der Waals surface area contributed by atoms with Gasteiger partial charge in [-0.05, 0) is 19.1 Å².